The van der Waals surface area contributed by atoms with Gasteiger partial charge in [-0.15, -0.1) is 6.58 Å². The fourth-order valence-electron chi connectivity index (χ4n) is 4.83. The lowest BCUT2D eigenvalue weighted by molar-refractivity contribution is 0.0244. The number of nitrogens with one attached hydrogen (secondary N) is 2. The molecule has 40 heavy (non-hydrogen) atoms. The molecule has 2 amide bonds. The van der Waals surface area contributed by atoms with E-state index in [1.54, 1.807) is 36.7 Å². The number of pyridine rings is 2. The lowest BCUT2D eigenvalue weighted by Crippen LogP contribution is -2.32. The van der Waals surface area contributed by atoms with Crippen molar-refractivity contribution >= 4 is 34.9 Å². The van der Waals surface area contributed by atoms with Crippen LogP contribution in [0, 0.1) is 0 Å². The van der Waals surface area contributed by atoms with E-state index in [1.165, 1.54) is 18.2 Å². The maximum absolute atomic E-state index is 14.1. The summed E-state index contributed by atoms with van der Waals surface area (Å²) in [7, 11) is 4.12. The van der Waals surface area contributed by atoms with Gasteiger partial charge in [0, 0.05) is 48.3 Å². The SMILES string of the molecule is C=CCC(F)(Cl)Oc1ccc(NC(=O)c2cnc(N3CC[C@@H](N(C)C)C3)c(-c3cnc4c(c3)C(=O)NC4)c2)cc1. The average molecular weight is 565 g/mol. The Morgan fingerprint density at radius 3 is 2.75 bits per heavy atom. The van der Waals surface area contributed by atoms with E-state index in [2.05, 4.69) is 46.1 Å². The minimum absolute atomic E-state index is 0.169. The lowest BCUT2D eigenvalue weighted by atomic mass is 10.0. The van der Waals surface area contributed by atoms with Gasteiger partial charge in [-0.05, 0) is 68.5 Å². The topological polar surface area (TPSA) is 99.7 Å². The molecule has 2 N–H and O–H groups in total. The van der Waals surface area contributed by atoms with Crippen molar-refractivity contribution in [2.75, 3.05) is 37.4 Å². The van der Waals surface area contributed by atoms with E-state index < -0.39 is 5.31 Å². The zero-order valence-corrected chi connectivity index (χ0v) is 23.0. The van der Waals surface area contributed by atoms with Gasteiger partial charge in [-0.1, -0.05) is 6.08 Å². The molecule has 2 aromatic heterocycles. The normalized spacial score (nSPS) is 17.8. The predicted molar refractivity (Wildman–Crippen MR) is 152 cm³/mol. The summed E-state index contributed by atoms with van der Waals surface area (Å²) in [4.78, 5) is 39.2. The van der Waals surface area contributed by atoms with Crippen molar-refractivity contribution in [2.24, 2.45) is 0 Å². The Balaban J connectivity index is 1.41. The van der Waals surface area contributed by atoms with Gasteiger partial charge in [-0.3, -0.25) is 14.6 Å². The molecule has 3 aromatic rings. The predicted octanol–water partition coefficient (Wildman–Crippen LogP) is 4.60. The highest BCUT2D eigenvalue weighted by atomic mass is 35.5. The van der Waals surface area contributed by atoms with Crippen molar-refractivity contribution in [3.63, 3.8) is 0 Å². The van der Waals surface area contributed by atoms with Crippen LogP contribution in [0.4, 0.5) is 15.9 Å². The van der Waals surface area contributed by atoms with Crippen LogP contribution in [0.1, 0.15) is 39.3 Å². The third kappa shape index (κ3) is 5.93. The smallest absolute Gasteiger partial charge is 0.330 e. The summed E-state index contributed by atoms with van der Waals surface area (Å²) in [5.41, 5.74) is 3.46. The molecule has 0 aliphatic carbocycles. The van der Waals surface area contributed by atoms with Gasteiger partial charge in [0.05, 0.1) is 29.8 Å². The minimum atomic E-state index is -2.40. The number of hydrogen-bond donors (Lipinski definition) is 2. The fraction of sp³-hybridized carbons (Fsp3) is 0.310. The number of fused-ring (bicyclic) bond motifs is 1. The largest absolute Gasteiger partial charge is 0.445 e. The summed E-state index contributed by atoms with van der Waals surface area (Å²) in [6, 6.07) is 10.2. The van der Waals surface area contributed by atoms with E-state index in [0.717, 1.165) is 30.9 Å². The molecule has 0 spiro atoms. The van der Waals surface area contributed by atoms with Gasteiger partial charge in [-0.2, -0.15) is 4.39 Å². The number of hydrogen-bond acceptors (Lipinski definition) is 7. The van der Waals surface area contributed by atoms with Gasteiger partial charge < -0.3 is 25.2 Å². The van der Waals surface area contributed by atoms with E-state index in [1.807, 2.05) is 0 Å². The second kappa shape index (κ2) is 11.2. The fourth-order valence-corrected chi connectivity index (χ4v) is 5.03. The molecule has 5 rings (SSSR count). The Bertz CT molecular complexity index is 1450. The zero-order valence-electron chi connectivity index (χ0n) is 22.3. The molecule has 2 aliphatic heterocycles. The summed E-state index contributed by atoms with van der Waals surface area (Å²) < 4.78 is 19.3. The summed E-state index contributed by atoms with van der Waals surface area (Å²) >= 11 is 5.69. The minimum Gasteiger partial charge on any atom is -0.445 e. The Kier molecular flexibility index (Phi) is 7.73. The van der Waals surface area contributed by atoms with Gasteiger partial charge in [0.1, 0.15) is 11.6 Å². The molecule has 4 heterocycles. The van der Waals surface area contributed by atoms with Crippen LogP contribution >= 0.6 is 11.6 Å². The van der Waals surface area contributed by atoms with Crippen molar-refractivity contribution in [1.29, 1.82) is 0 Å². The standard InChI is InChI=1S/C29H30ClFN6O3/c1-4-10-29(30,31)40-22-7-5-20(6-8-22)35-27(38)19-13-23(18-12-24-25(32-14-18)16-34-28(24)39)26(33-15-19)37-11-9-21(17-37)36(2)3/h4-8,12-15,21H,1,9-11,16-17H2,2-3H3,(H,34,39)(H,35,38)/t21-,29?/m1/s1. The second-order valence-corrected chi connectivity index (χ2v) is 10.6. The van der Waals surface area contributed by atoms with Crippen LogP contribution < -0.4 is 20.3 Å². The molecular formula is C29H30ClFN6O3. The Morgan fingerprint density at radius 1 is 1.27 bits per heavy atom. The lowest BCUT2D eigenvalue weighted by Gasteiger charge is -2.23. The van der Waals surface area contributed by atoms with Crippen LogP contribution in [0.5, 0.6) is 5.75 Å². The van der Waals surface area contributed by atoms with E-state index in [9.17, 15) is 14.0 Å². The molecule has 2 aliphatic rings. The number of ether oxygens (including phenoxy) is 1. The molecule has 9 nitrogen and oxygen atoms in total. The number of anilines is 2. The third-order valence-corrected chi connectivity index (χ3v) is 7.26. The molecule has 0 saturated carbocycles. The van der Waals surface area contributed by atoms with E-state index in [4.69, 9.17) is 21.3 Å². The number of amides is 2. The molecule has 1 aromatic carbocycles. The second-order valence-electron chi connectivity index (χ2n) is 10.1. The summed E-state index contributed by atoms with van der Waals surface area (Å²) in [6.45, 7) is 5.47. The van der Waals surface area contributed by atoms with Gasteiger partial charge in [0.25, 0.3) is 11.8 Å². The molecule has 11 heteroatoms. The quantitative estimate of drug-likeness (QED) is 0.289. The first-order valence-electron chi connectivity index (χ1n) is 12.9. The third-order valence-electron chi connectivity index (χ3n) is 7.03. The number of halogens is 2. The number of alkyl halides is 2. The number of rotatable bonds is 9. The average Bonchev–Trinajstić information content (AvgIpc) is 3.56. The molecule has 208 valence electrons. The summed E-state index contributed by atoms with van der Waals surface area (Å²) in [5.74, 6) is 0.397. The first kappa shape index (κ1) is 27.5. The van der Waals surface area contributed by atoms with Gasteiger partial charge in [0.15, 0.2) is 0 Å². The van der Waals surface area contributed by atoms with E-state index >= 15 is 0 Å². The molecule has 1 unspecified atom stereocenters. The Hall–Kier alpha value is -4.02. The van der Waals surface area contributed by atoms with Crippen LogP contribution in [0.15, 0.2) is 61.4 Å². The van der Waals surface area contributed by atoms with Crippen molar-refractivity contribution in [3.05, 3.63) is 78.3 Å². The molecular weight excluding hydrogens is 535 g/mol. The van der Waals surface area contributed by atoms with Crippen molar-refractivity contribution in [2.45, 2.75) is 30.7 Å². The van der Waals surface area contributed by atoms with Crippen LogP contribution in [0.25, 0.3) is 11.1 Å². The number of benzene rings is 1. The van der Waals surface area contributed by atoms with Gasteiger partial charge in [-0.25, -0.2) is 4.98 Å². The maximum Gasteiger partial charge on any atom is 0.330 e. The first-order valence-corrected chi connectivity index (χ1v) is 13.3. The summed E-state index contributed by atoms with van der Waals surface area (Å²) in [5, 5.41) is 3.23. The molecule has 2 atom stereocenters. The van der Waals surface area contributed by atoms with Crippen LogP contribution in [0.3, 0.4) is 0 Å². The van der Waals surface area contributed by atoms with Crippen molar-refractivity contribution in [3.8, 4) is 16.9 Å². The molecule has 1 fully saturated rings. The summed E-state index contributed by atoms with van der Waals surface area (Å²) in [6.07, 6.45) is 5.39. The Labute approximate surface area is 237 Å². The highest BCUT2D eigenvalue weighted by Crippen LogP contribution is 2.34. The van der Waals surface area contributed by atoms with Gasteiger partial charge >= 0.3 is 5.31 Å². The van der Waals surface area contributed by atoms with Crippen LogP contribution in [-0.4, -0.2) is 65.2 Å². The maximum atomic E-state index is 14.1. The highest BCUT2D eigenvalue weighted by molar-refractivity contribution is 6.22. The number of likely N-dealkylation sites (N-methyl/N-ethyl adjacent to an activating group) is 1. The first-order chi connectivity index (χ1) is 19.1. The molecule has 0 radical (unpaired) electrons. The van der Waals surface area contributed by atoms with Gasteiger partial charge in [0.2, 0.25) is 0 Å². The Morgan fingerprint density at radius 2 is 2.05 bits per heavy atom. The van der Waals surface area contributed by atoms with E-state index in [0.29, 0.717) is 40.7 Å². The van der Waals surface area contributed by atoms with E-state index in [-0.39, 0.29) is 24.0 Å². The number of carbonyl (C=O) groups excluding carboxylic acids is 2. The van der Waals surface area contributed by atoms with Crippen LogP contribution in [-0.2, 0) is 6.54 Å². The number of carbonyl (C=O) groups is 2. The number of nitrogens with zero attached hydrogens (tertiary/aromatic N) is 4. The highest BCUT2D eigenvalue weighted by Gasteiger charge is 2.29. The van der Waals surface area contributed by atoms with Crippen molar-refractivity contribution < 1.29 is 18.7 Å². The van der Waals surface area contributed by atoms with Crippen molar-refractivity contribution in [1.82, 2.24) is 20.2 Å². The molecule has 1 saturated heterocycles. The number of aromatic nitrogens is 2. The molecule has 0 bridgehead atoms. The monoisotopic (exact) mass is 564 g/mol. The van der Waals surface area contributed by atoms with Crippen LogP contribution in [0.2, 0.25) is 0 Å². The zero-order chi connectivity index (χ0) is 28.4.